The highest BCUT2D eigenvalue weighted by Crippen LogP contribution is 2.13. The summed E-state index contributed by atoms with van der Waals surface area (Å²) in [7, 11) is 0. The van der Waals surface area contributed by atoms with Gasteiger partial charge in [0, 0.05) is 16.8 Å². The molecule has 0 saturated carbocycles. The van der Waals surface area contributed by atoms with Crippen LogP contribution in [0.4, 0.5) is 0 Å². The third-order valence-electron chi connectivity index (χ3n) is 1.05. The van der Waals surface area contributed by atoms with Gasteiger partial charge in [0.05, 0.1) is 0 Å². The van der Waals surface area contributed by atoms with Gasteiger partial charge in [-0.15, -0.1) is 0 Å². The molecule has 0 aromatic heterocycles. The Bertz CT molecular complexity index is 50.4. The number of alkyl halides is 2. The maximum Gasteiger partial charge on any atom is 0.0467 e. The summed E-state index contributed by atoms with van der Waals surface area (Å²) >= 11 is 6.69. The van der Waals surface area contributed by atoms with E-state index in [1.165, 1.54) is 0 Å². The minimum atomic E-state index is 0.252. The standard InChI is InChI=1S/C5H10Br2O/c1-4(3-8)5(7)2-6/h4-5,8H,2-3H2,1H3. The van der Waals surface area contributed by atoms with Crippen LogP contribution >= 0.6 is 31.9 Å². The predicted molar refractivity (Wildman–Crippen MR) is 42.8 cm³/mol. The lowest BCUT2D eigenvalue weighted by atomic mass is 10.1. The van der Waals surface area contributed by atoms with Gasteiger partial charge in [-0.1, -0.05) is 38.8 Å². The molecule has 0 aliphatic rings. The van der Waals surface area contributed by atoms with Crippen LogP contribution in [0.2, 0.25) is 0 Å². The van der Waals surface area contributed by atoms with Crippen molar-refractivity contribution >= 4 is 31.9 Å². The zero-order valence-corrected chi connectivity index (χ0v) is 7.94. The fraction of sp³-hybridized carbons (Fsp3) is 1.00. The number of halogens is 2. The molecule has 8 heavy (non-hydrogen) atoms. The van der Waals surface area contributed by atoms with E-state index in [0.717, 1.165) is 5.33 Å². The average molecular weight is 246 g/mol. The van der Waals surface area contributed by atoms with Crippen molar-refractivity contribution in [3.8, 4) is 0 Å². The monoisotopic (exact) mass is 244 g/mol. The minimum Gasteiger partial charge on any atom is -0.396 e. The van der Waals surface area contributed by atoms with Crippen molar-refractivity contribution in [2.75, 3.05) is 11.9 Å². The molecule has 0 radical (unpaired) electrons. The highest BCUT2D eigenvalue weighted by atomic mass is 79.9. The molecule has 50 valence electrons. The number of hydrogen-bond acceptors (Lipinski definition) is 1. The van der Waals surface area contributed by atoms with Gasteiger partial charge in [0.15, 0.2) is 0 Å². The third kappa shape index (κ3) is 3.05. The first kappa shape index (κ1) is 8.92. The summed E-state index contributed by atoms with van der Waals surface area (Å²) in [4.78, 5) is 0.396. The highest BCUT2D eigenvalue weighted by Gasteiger charge is 2.09. The summed E-state index contributed by atoms with van der Waals surface area (Å²) in [5, 5.41) is 9.48. The van der Waals surface area contributed by atoms with Crippen molar-refractivity contribution in [1.29, 1.82) is 0 Å². The van der Waals surface area contributed by atoms with E-state index in [1.54, 1.807) is 0 Å². The Hall–Kier alpha value is 0.920. The number of hydrogen-bond donors (Lipinski definition) is 1. The van der Waals surface area contributed by atoms with Crippen LogP contribution in [-0.4, -0.2) is 21.9 Å². The van der Waals surface area contributed by atoms with Gasteiger partial charge >= 0.3 is 0 Å². The van der Waals surface area contributed by atoms with Gasteiger partial charge < -0.3 is 5.11 Å². The Balaban J connectivity index is 3.29. The molecule has 0 heterocycles. The maximum atomic E-state index is 8.59. The molecular weight excluding hydrogens is 236 g/mol. The van der Waals surface area contributed by atoms with Crippen molar-refractivity contribution in [3.63, 3.8) is 0 Å². The molecule has 0 amide bonds. The number of rotatable bonds is 3. The Morgan fingerprint density at radius 3 is 2.25 bits per heavy atom. The first-order valence-electron chi connectivity index (χ1n) is 2.53. The summed E-state index contributed by atoms with van der Waals surface area (Å²) in [5.41, 5.74) is 0. The molecule has 0 aliphatic carbocycles. The largest absolute Gasteiger partial charge is 0.396 e. The summed E-state index contributed by atoms with van der Waals surface area (Å²) in [6.07, 6.45) is 0. The maximum absolute atomic E-state index is 8.59. The van der Waals surface area contributed by atoms with E-state index in [9.17, 15) is 0 Å². The van der Waals surface area contributed by atoms with Crippen molar-refractivity contribution in [2.45, 2.75) is 11.8 Å². The average Bonchev–Trinajstić information content (AvgIpc) is 1.84. The fourth-order valence-corrected chi connectivity index (χ4v) is 1.07. The first-order chi connectivity index (χ1) is 3.72. The lowest BCUT2D eigenvalue weighted by Crippen LogP contribution is -2.15. The van der Waals surface area contributed by atoms with Crippen molar-refractivity contribution in [3.05, 3.63) is 0 Å². The van der Waals surface area contributed by atoms with Crippen LogP contribution in [0.15, 0.2) is 0 Å². The molecule has 2 unspecified atom stereocenters. The molecule has 0 bridgehead atoms. The SMILES string of the molecule is CC(CO)C(Br)CBr. The molecule has 0 aromatic rings. The van der Waals surface area contributed by atoms with Crippen LogP contribution in [0.5, 0.6) is 0 Å². The second-order valence-corrected chi connectivity index (χ2v) is 3.65. The van der Waals surface area contributed by atoms with Crippen LogP contribution in [0.1, 0.15) is 6.92 Å². The minimum absolute atomic E-state index is 0.252. The van der Waals surface area contributed by atoms with E-state index < -0.39 is 0 Å². The Kier molecular flexibility index (Phi) is 5.31. The molecule has 0 fully saturated rings. The molecule has 1 N–H and O–H groups in total. The van der Waals surface area contributed by atoms with Crippen molar-refractivity contribution in [2.24, 2.45) is 5.92 Å². The highest BCUT2D eigenvalue weighted by molar-refractivity contribution is 9.12. The van der Waals surface area contributed by atoms with E-state index in [1.807, 2.05) is 6.92 Å². The van der Waals surface area contributed by atoms with Gasteiger partial charge in [-0.05, 0) is 5.92 Å². The quantitative estimate of drug-likeness (QED) is 0.752. The summed E-state index contributed by atoms with van der Waals surface area (Å²) < 4.78 is 0. The normalized spacial score (nSPS) is 18.0. The molecule has 3 heteroatoms. The second kappa shape index (κ2) is 4.77. The van der Waals surface area contributed by atoms with Crippen LogP contribution in [0.3, 0.4) is 0 Å². The Morgan fingerprint density at radius 1 is 1.62 bits per heavy atom. The topological polar surface area (TPSA) is 20.2 Å². The van der Waals surface area contributed by atoms with Gasteiger partial charge in [-0.2, -0.15) is 0 Å². The molecule has 0 aliphatic heterocycles. The van der Waals surface area contributed by atoms with E-state index in [0.29, 0.717) is 10.7 Å². The van der Waals surface area contributed by atoms with Crippen LogP contribution in [0.25, 0.3) is 0 Å². The second-order valence-electron chi connectivity index (χ2n) is 1.83. The fourth-order valence-electron chi connectivity index (χ4n) is 0.266. The van der Waals surface area contributed by atoms with E-state index >= 15 is 0 Å². The summed E-state index contributed by atoms with van der Waals surface area (Å²) in [6, 6.07) is 0. The summed E-state index contributed by atoms with van der Waals surface area (Å²) in [5.74, 6) is 0.342. The smallest absolute Gasteiger partial charge is 0.0467 e. The zero-order chi connectivity index (χ0) is 6.57. The Morgan fingerprint density at radius 2 is 2.12 bits per heavy atom. The number of aliphatic hydroxyl groups is 1. The first-order valence-corrected chi connectivity index (χ1v) is 4.57. The van der Waals surface area contributed by atoms with E-state index in [4.69, 9.17) is 5.11 Å². The predicted octanol–water partition coefficient (Wildman–Crippen LogP) is 1.77. The van der Waals surface area contributed by atoms with Gasteiger partial charge in [-0.3, -0.25) is 0 Å². The lowest BCUT2D eigenvalue weighted by molar-refractivity contribution is 0.239. The molecule has 0 spiro atoms. The van der Waals surface area contributed by atoms with Crippen LogP contribution < -0.4 is 0 Å². The number of aliphatic hydroxyl groups excluding tert-OH is 1. The van der Waals surface area contributed by atoms with Gasteiger partial charge in [0.1, 0.15) is 0 Å². The molecule has 1 nitrogen and oxygen atoms in total. The van der Waals surface area contributed by atoms with Gasteiger partial charge in [-0.25, -0.2) is 0 Å². The van der Waals surface area contributed by atoms with Gasteiger partial charge in [0.2, 0.25) is 0 Å². The zero-order valence-electron chi connectivity index (χ0n) is 4.77. The summed E-state index contributed by atoms with van der Waals surface area (Å²) in [6.45, 7) is 2.25. The van der Waals surface area contributed by atoms with Gasteiger partial charge in [0.25, 0.3) is 0 Å². The molecule has 0 saturated heterocycles. The Labute approximate surface area is 66.7 Å². The lowest BCUT2D eigenvalue weighted by Gasteiger charge is -2.11. The third-order valence-corrected chi connectivity index (χ3v) is 3.85. The molecule has 0 rings (SSSR count). The van der Waals surface area contributed by atoms with Crippen molar-refractivity contribution in [1.82, 2.24) is 0 Å². The molecular formula is C5H10Br2O. The van der Waals surface area contributed by atoms with E-state index in [-0.39, 0.29) is 6.61 Å². The molecule has 2 atom stereocenters. The molecule has 0 aromatic carbocycles. The van der Waals surface area contributed by atoms with Crippen LogP contribution in [0, 0.1) is 5.92 Å². The van der Waals surface area contributed by atoms with Crippen LogP contribution in [-0.2, 0) is 0 Å². The van der Waals surface area contributed by atoms with Crippen molar-refractivity contribution < 1.29 is 5.11 Å². The van der Waals surface area contributed by atoms with E-state index in [2.05, 4.69) is 31.9 Å².